The molecule has 0 atom stereocenters. The number of benzene rings is 1. The Morgan fingerprint density at radius 3 is 2.32 bits per heavy atom. The molecule has 25 heavy (non-hydrogen) atoms. The molecular formula is C20H23FO4. The first-order valence-corrected chi connectivity index (χ1v) is 9.08. The van der Waals surface area contributed by atoms with E-state index in [1.807, 2.05) is 0 Å². The van der Waals surface area contributed by atoms with E-state index < -0.39 is 11.6 Å². The highest BCUT2D eigenvalue weighted by Gasteiger charge is 2.51. The molecule has 1 aromatic rings. The van der Waals surface area contributed by atoms with Gasteiger partial charge in [0.15, 0.2) is 6.61 Å². The van der Waals surface area contributed by atoms with Crippen molar-refractivity contribution in [1.29, 1.82) is 0 Å². The molecule has 4 fully saturated rings. The predicted molar refractivity (Wildman–Crippen MR) is 88.8 cm³/mol. The maximum Gasteiger partial charge on any atom is 0.309 e. The van der Waals surface area contributed by atoms with Crippen molar-refractivity contribution < 1.29 is 23.5 Å². The number of rotatable bonds is 5. The van der Waals surface area contributed by atoms with Gasteiger partial charge in [-0.1, -0.05) is 0 Å². The smallest absolute Gasteiger partial charge is 0.309 e. The molecule has 5 rings (SSSR count). The van der Waals surface area contributed by atoms with Crippen LogP contribution in [0.4, 0.5) is 4.39 Å². The van der Waals surface area contributed by atoms with Gasteiger partial charge in [0.25, 0.3) is 0 Å². The Hall–Kier alpha value is -1.91. The Morgan fingerprint density at radius 2 is 1.72 bits per heavy atom. The van der Waals surface area contributed by atoms with Gasteiger partial charge in [0.2, 0.25) is 5.78 Å². The summed E-state index contributed by atoms with van der Waals surface area (Å²) in [6.07, 6.45) is 5.82. The fourth-order valence-electron chi connectivity index (χ4n) is 5.52. The molecule has 0 N–H and O–H groups in total. The van der Waals surface area contributed by atoms with Gasteiger partial charge in [0.1, 0.15) is 11.6 Å². The van der Waals surface area contributed by atoms with Crippen molar-refractivity contribution >= 4 is 11.8 Å². The highest BCUT2D eigenvalue weighted by Crippen LogP contribution is 2.56. The summed E-state index contributed by atoms with van der Waals surface area (Å²) in [7, 11) is 1.42. The van der Waals surface area contributed by atoms with E-state index in [1.165, 1.54) is 25.7 Å². The van der Waals surface area contributed by atoms with Crippen LogP contribution in [0.15, 0.2) is 18.2 Å². The minimum atomic E-state index is -0.517. The molecule has 4 nitrogen and oxygen atoms in total. The monoisotopic (exact) mass is 346 g/mol. The zero-order valence-electron chi connectivity index (χ0n) is 14.4. The molecule has 0 aromatic heterocycles. The standard InChI is InChI=1S/C20H23FO4/c1-24-18-3-2-15(21)9-16(18)17(22)10-25-20(23)19-13-5-11-4-12(7-13)8-14(19)6-11/h2-3,9,11-14,19H,4-8,10H2,1H3. The van der Waals surface area contributed by atoms with Crippen LogP contribution in [0.2, 0.25) is 0 Å². The van der Waals surface area contributed by atoms with Crippen LogP contribution in [0.3, 0.4) is 0 Å². The lowest BCUT2D eigenvalue weighted by Crippen LogP contribution is -2.48. The van der Waals surface area contributed by atoms with Gasteiger partial charge in [-0.25, -0.2) is 4.39 Å². The van der Waals surface area contributed by atoms with Crippen LogP contribution in [-0.4, -0.2) is 25.5 Å². The largest absolute Gasteiger partial charge is 0.496 e. The molecule has 0 radical (unpaired) electrons. The third-order valence-corrected chi connectivity index (χ3v) is 6.31. The maximum atomic E-state index is 13.4. The lowest BCUT2D eigenvalue weighted by molar-refractivity contribution is -0.161. The van der Waals surface area contributed by atoms with Crippen molar-refractivity contribution in [1.82, 2.24) is 0 Å². The molecule has 1 aromatic carbocycles. The molecular weight excluding hydrogens is 323 g/mol. The maximum absolute atomic E-state index is 13.4. The summed E-state index contributed by atoms with van der Waals surface area (Å²) in [6, 6.07) is 3.76. The third kappa shape index (κ3) is 3.05. The zero-order chi connectivity index (χ0) is 17.6. The second-order valence-corrected chi connectivity index (χ2v) is 7.83. The minimum Gasteiger partial charge on any atom is -0.496 e. The summed E-state index contributed by atoms with van der Waals surface area (Å²) in [5.41, 5.74) is 0.111. The second kappa shape index (κ2) is 6.43. The van der Waals surface area contributed by atoms with E-state index >= 15 is 0 Å². The average molecular weight is 346 g/mol. The molecule has 0 spiro atoms. The second-order valence-electron chi connectivity index (χ2n) is 7.83. The number of carbonyl (C=O) groups is 2. The van der Waals surface area contributed by atoms with Crippen molar-refractivity contribution in [3.8, 4) is 5.75 Å². The predicted octanol–water partition coefficient (Wildman–Crippen LogP) is 3.63. The van der Waals surface area contributed by atoms with Gasteiger partial charge in [-0.2, -0.15) is 0 Å². The molecule has 4 aliphatic carbocycles. The summed E-state index contributed by atoms with van der Waals surface area (Å²) < 4.78 is 23.9. The first kappa shape index (κ1) is 16.6. The lowest BCUT2D eigenvalue weighted by atomic mass is 9.52. The van der Waals surface area contributed by atoms with E-state index in [4.69, 9.17) is 9.47 Å². The van der Waals surface area contributed by atoms with Crippen molar-refractivity contribution in [2.75, 3.05) is 13.7 Å². The number of halogens is 1. The Balaban J connectivity index is 1.41. The highest BCUT2D eigenvalue weighted by molar-refractivity contribution is 6.00. The summed E-state index contributed by atoms with van der Waals surface area (Å²) in [5, 5.41) is 0. The van der Waals surface area contributed by atoms with Gasteiger partial charge in [0.05, 0.1) is 18.6 Å². The first-order chi connectivity index (χ1) is 12.0. The number of ether oxygens (including phenoxy) is 2. The number of Topliss-reactive ketones (excluding diaryl/α,β-unsaturated/α-hetero) is 1. The zero-order valence-corrected chi connectivity index (χ0v) is 14.4. The van der Waals surface area contributed by atoms with Crippen LogP contribution >= 0.6 is 0 Å². The van der Waals surface area contributed by atoms with E-state index in [0.29, 0.717) is 11.8 Å². The van der Waals surface area contributed by atoms with Gasteiger partial charge in [-0.05, 0) is 74.0 Å². The molecule has 0 heterocycles. The Kier molecular flexibility index (Phi) is 4.26. The quantitative estimate of drug-likeness (QED) is 0.603. The van der Waals surface area contributed by atoms with E-state index in [9.17, 15) is 14.0 Å². The van der Waals surface area contributed by atoms with E-state index in [1.54, 1.807) is 0 Å². The molecule has 0 aliphatic heterocycles. The van der Waals surface area contributed by atoms with Crippen LogP contribution in [-0.2, 0) is 9.53 Å². The Morgan fingerprint density at radius 1 is 1.08 bits per heavy atom. The van der Waals surface area contributed by atoms with Gasteiger partial charge in [-0.15, -0.1) is 0 Å². The van der Waals surface area contributed by atoms with Crippen LogP contribution in [0.5, 0.6) is 5.75 Å². The fraction of sp³-hybridized carbons (Fsp3) is 0.600. The molecule has 0 saturated heterocycles. The average Bonchev–Trinajstić information content (AvgIpc) is 2.58. The van der Waals surface area contributed by atoms with Gasteiger partial charge < -0.3 is 9.47 Å². The van der Waals surface area contributed by atoms with Crippen molar-refractivity contribution in [2.24, 2.45) is 29.6 Å². The summed E-state index contributed by atoms with van der Waals surface area (Å²) in [5.74, 6) is 1.43. The summed E-state index contributed by atoms with van der Waals surface area (Å²) >= 11 is 0. The number of carbonyl (C=O) groups excluding carboxylic acids is 2. The molecule has 4 saturated carbocycles. The molecule has 5 heteroatoms. The Labute approximate surface area is 146 Å². The molecule has 4 aliphatic rings. The minimum absolute atomic E-state index is 0.0602. The fourth-order valence-corrected chi connectivity index (χ4v) is 5.52. The number of hydrogen-bond donors (Lipinski definition) is 0. The van der Waals surface area contributed by atoms with Gasteiger partial charge in [-0.3, -0.25) is 9.59 Å². The summed E-state index contributed by atoms with van der Waals surface area (Å²) in [4.78, 5) is 25.0. The number of esters is 1. The van der Waals surface area contributed by atoms with Crippen molar-refractivity contribution in [3.05, 3.63) is 29.6 Å². The highest BCUT2D eigenvalue weighted by atomic mass is 19.1. The molecule has 0 unspecified atom stereocenters. The van der Waals surface area contributed by atoms with E-state index in [0.717, 1.165) is 43.6 Å². The normalized spacial score (nSPS) is 32.5. The Bertz CT molecular complexity index is 671. The topological polar surface area (TPSA) is 52.6 Å². The van der Waals surface area contributed by atoms with Crippen molar-refractivity contribution in [2.45, 2.75) is 32.1 Å². The van der Waals surface area contributed by atoms with Crippen LogP contribution < -0.4 is 4.74 Å². The number of methoxy groups -OCH3 is 1. The summed E-state index contributed by atoms with van der Waals surface area (Å²) in [6.45, 7) is -0.360. The number of ketones is 1. The lowest BCUT2D eigenvalue weighted by Gasteiger charge is -2.53. The van der Waals surface area contributed by atoms with E-state index in [-0.39, 0.29) is 29.8 Å². The van der Waals surface area contributed by atoms with Crippen LogP contribution in [0, 0.1) is 35.4 Å². The van der Waals surface area contributed by atoms with Crippen molar-refractivity contribution in [3.63, 3.8) is 0 Å². The number of hydrogen-bond acceptors (Lipinski definition) is 4. The van der Waals surface area contributed by atoms with E-state index in [2.05, 4.69) is 0 Å². The van der Waals surface area contributed by atoms with Gasteiger partial charge >= 0.3 is 5.97 Å². The van der Waals surface area contributed by atoms with Crippen LogP contribution in [0.1, 0.15) is 42.5 Å². The third-order valence-electron chi connectivity index (χ3n) is 6.31. The van der Waals surface area contributed by atoms with Crippen LogP contribution in [0.25, 0.3) is 0 Å². The molecule has 0 amide bonds. The molecule has 134 valence electrons. The SMILES string of the molecule is COc1ccc(F)cc1C(=O)COC(=O)C1C2CC3CC(C2)CC1C3. The first-order valence-electron chi connectivity index (χ1n) is 9.08. The van der Waals surface area contributed by atoms with Gasteiger partial charge in [0, 0.05) is 0 Å². The molecule has 4 bridgehead atoms.